The molecule has 0 bridgehead atoms. The molecule has 0 aromatic carbocycles. The molecule has 17 heavy (non-hydrogen) atoms. The van der Waals surface area contributed by atoms with Crippen molar-refractivity contribution >= 4 is 5.91 Å². The minimum Gasteiger partial charge on any atom is -0.456 e. The summed E-state index contributed by atoms with van der Waals surface area (Å²) in [6.45, 7) is 5.02. The highest BCUT2D eigenvalue weighted by Gasteiger charge is 2.15. The summed E-state index contributed by atoms with van der Waals surface area (Å²) in [6.07, 6.45) is 5.18. The van der Waals surface area contributed by atoms with Crippen LogP contribution in [0.25, 0.3) is 0 Å². The Hall–Kier alpha value is -1.29. The fourth-order valence-corrected chi connectivity index (χ4v) is 2.33. The Bertz CT molecular complexity index is 390. The largest absolute Gasteiger partial charge is 0.456 e. The third-order valence-corrected chi connectivity index (χ3v) is 3.36. The highest BCUT2D eigenvalue weighted by molar-refractivity contribution is 5.90. The van der Waals surface area contributed by atoms with Crippen LogP contribution in [0.4, 0.5) is 0 Å². The predicted octanol–water partition coefficient (Wildman–Crippen LogP) is 2.06. The highest BCUT2D eigenvalue weighted by atomic mass is 16.3. The van der Waals surface area contributed by atoms with Gasteiger partial charge < -0.3 is 10.2 Å². The SMILES string of the molecule is Cc1oc(C(N)=O)cc1CN1CCCCCC1. The lowest BCUT2D eigenvalue weighted by Crippen LogP contribution is -2.24. The van der Waals surface area contributed by atoms with Gasteiger partial charge in [-0.15, -0.1) is 0 Å². The molecule has 1 aromatic rings. The first-order valence-electron chi connectivity index (χ1n) is 6.28. The Morgan fingerprint density at radius 1 is 1.35 bits per heavy atom. The summed E-state index contributed by atoms with van der Waals surface area (Å²) < 4.78 is 5.35. The van der Waals surface area contributed by atoms with Crippen molar-refractivity contribution in [3.8, 4) is 0 Å². The van der Waals surface area contributed by atoms with Gasteiger partial charge in [-0.05, 0) is 38.9 Å². The molecule has 1 saturated heterocycles. The molecule has 0 radical (unpaired) electrons. The van der Waals surface area contributed by atoms with Gasteiger partial charge in [0.05, 0.1) is 0 Å². The summed E-state index contributed by atoms with van der Waals surface area (Å²) in [5.74, 6) is 0.589. The molecule has 0 saturated carbocycles. The third kappa shape index (κ3) is 3.09. The van der Waals surface area contributed by atoms with Crippen LogP contribution in [-0.2, 0) is 6.54 Å². The number of hydrogen-bond acceptors (Lipinski definition) is 3. The van der Waals surface area contributed by atoms with Crippen LogP contribution in [0.5, 0.6) is 0 Å². The molecule has 4 heteroatoms. The van der Waals surface area contributed by atoms with E-state index in [0.29, 0.717) is 0 Å². The number of carbonyl (C=O) groups is 1. The normalized spacial score (nSPS) is 17.9. The molecular weight excluding hydrogens is 216 g/mol. The second-order valence-corrected chi connectivity index (χ2v) is 4.75. The van der Waals surface area contributed by atoms with Crippen LogP contribution in [0.1, 0.15) is 47.6 Å². The second kappa shape index (κ2) is 5.36. The van der Waals surface area contributed by atoms with Gasteiger partial charge in [0.25, 0.3) is 5.91 Å². The monoisotopic (exact) mass is 236 g/mol. The zero-order chi connectivity index (χ0) is 12.3. The van der Waals surface area contributed by atoms with Crippen LogP contribution in [0.2, 0.25) is 0 Å². The number of amides is 1. The molecule has 1 amide bonds. The smallest absolute Gasteiger partial charge is 0.284 e. The zero-order valence-electron chi connectivity index (χ0n) is 10.4. The fraction of sp³-hybridized carbons (Fsp3) is 0.615. The molecule has 1 aromatic heterocycles. The van der Waals surface area contributed by atoms with Crippen LogP contribution in [-0.4, -0.2) is 23.9 Å². The van der Waals surface area contributed by atoms with E-state index < -0.39 is 5.91 Å². The van der Waals surface area contributed by atoms with Gasteiger partial charge in [-0.25, -0.2) is 0 Å². The number of furan rings is 1. The van der Waals surface area contributed by atoms with E-state index in [1.807, 2.05) is 6.92 Å². The topological polar surface area (TPSA) is 59.5 Å². The van der Waals surface area contributed by atoms with Crippen LogP contribution < -0.4 is 5.73 Å². The molecule has 0 unspecified atom stereocenters. The quantitative estimate of drug-likeness (QED) is 0.874. The van der Waals surface area contributed by atoms with Gasteiger partial charge in [0, 0.05) is 12.1 Å². The Morgan fingerprint density at radius 2 is 2.00 bits per heavy atom. The van der Waals surface area contributed by atoms with Crippen molar-refractivity contribution < 1.29 is 9.21 Å². The van der Waals surface area contributed by atoms with Crippen LogP contribution in [0.3, 0.4) is 0 Å². The van der Waals surface area contributed by atoms with Gasteiger partial charge in [-0.2, -0.15) is 0 Å². The van der Waals surface area contributed by atoms with Gasteiger partial charge in [-0.1, -0.05) is 12.8 Å². The van der Waals surface area contributed by atoms with Crippen LogP contribution in [0, 0.1) is 6.92 Å². The van der Waals surface area contributed by atoms with Crippen molar-refractivity contribution in [1.29, 1.82) is 0 Å². The molecule has 2 heterocycles. The van der Waals surface area contributed by atoms with Crippen molar-refractivity contribution in [2.24, 2.45) is 5.73 Å². The standard InChI is InChI=1S/C13H20N2O2/c1-10-11(8-12(17-10)13(14)16)9-15-6-4-2-3-5-7-15/h8H,2-7,9H2,1H3,(H2,14,16). The van der Waals surface area contributed by atoms with E-state index in [-0.39, 0.29) is 5.76 Å². The molecule has 1 aliphatic heterocycles. The van der Waals surface area contributed by atoms with Crippen molar-refractivity contribution in [3.63, 3.8) is 0 Å². The molecule has 2 rings (SSSR count). The van der Waals surface area contributed by atoms with E-state index >= 15 is 0 Å². The first kappa shape index (κ1) is 12.2. The summed E-state index contributed by atoms with van der Waals surface area (Å²) >= 11 is 0. The lowest BCUT2D eigenvalue weighted by atomic mass is 10.2. The summed E-state index contributed by atoms with van der Waals surface area (Å²) in [4.78, 5) is 13.5. The van der Waals surface area contributed by atoms with Gasteiger partial charge in [0.2, 0.25) is 0 Å². The van der Waals surface area contributed by atoms with Crippen LogP contribution in [0.15, 0.2) is 10.5 Å². The molecule has 1 fully saturated rings. The molecule has 2 N–H and O–H groups in total. The number of aryl methyl sites for hydroxylation is 1. The maximum atomic E-state index is 11.0. The maximum absolute atomic E-state index is 11.0. The van der Waals surface area contributed by atoms with Gasteiger partial charge in [0.1, 0.15) is 5.76 Å². The van der Waals surface area contributed by atoms with E-state index in [2.05, 4.69) is 4.90 Å². The molecule has 0 aliphatic carbocycles. The number of carbonyl (C=O) groups excluding carboxylic acids is 1. The lowest BCUT2D eigenvalue weighted by molar-refractivity contribution is 0.0972. The molecular formula is C13H20N2O2. The summed E-state index contributed by atoms with van der Waals surface area (Å²) in [7, 11) is 0. The van der Waals surface area contributed by atoms with Crippen molar-refractivity contribution in [1.82, 2.24) is 4.90 Å². The predicted molar refractivity (Wildman–Crippen MR) is 65.7 cm³/mol. The fourth-order valence-electron chi connectivity index (χ4n) is 2.33. The molecule has 4 nitrogen and oxygen atoms in total. The number of hydrogen-bond donors (Lipinski definition) is 1. The van der Waals surface area contributed by atoms with Crippen molar-refractivity contribution in [3.05, 3.63) is 23.2 Å². The number of nitrogens with zero attached hydrogens (tertiary/aromatic N) is 1. The number of likely N-dealkylation sites (tertiary alicyclic amines) is 1. The summed E-state index contributed by atoms with van der Waals surface area (Å²) in [5.41, 5.74) is 6.29. The van der Waals surface area contributed by atoms with Gasteiger partial charge >= 0.3 is 0 Å². The molecule has 1 aliphatic rings. The Balaban J connectivity index is 2.04. The molecule has 0 atom stereocenters. The zero-order valence-corrected chi connectivity index (χ0v) is 10.4. The van der Waals surface area contributed by atoms with Crippen LogP contribution >= 0.6 is 0 Å². The van der Waals surface area contributed by atoms with E-state index in [4.69, 9.17) is 10.2 Å². The van der Waals surface area contributed by atoms with E-state index in [0.717, 1.165) is 31.0 Å². The molecule has 94 valence electrons. The van der Waals surface area contributed by atoms with Crippen molar-refractivity contribution in [2.45, 2.75) is 39.2 Å². The average molecular weight is 236 g/mol. The van der Waals surface area contributed by atoms with Gasteiger partial charge in [0.15, 0.2) is 5.76 Å². The first-order chi connectivity index (χ1) is 8.16. The van der Waals surface area contributed by atoms with Crippen molar-refractivity contribution in [2.75, 3.05) is 13.1 Å². The Kier molecular flexibility index (Phi) is 3.84. The minimum absolute atomic E-state index is 0.271. The Morgan fingerprint density at radius 3 is 2.53 bits per heavy atom. The number of rotatable bonds is 3. The van der Waals surface area contributed by atoms with Gasteiger partial charge in [-0.3, -0.25) is 9.69 Å². The number of primary amides is 1. The second-order valence-electron chi connectivity index (χ2n) is 4.75. The lowest BCUT2D eigenvalue weighted by Gasteiger charge is -2.18. The average Bonchev–Trinajstić information content (AvgIpc) is 2.52. The van der Waals surface area contributed by atoms with E-state index in [1.165, 1.54) is 25.7 Å². The summed E-state index contributed by atoms with van der Waals surface area (Å²) in [5, 5.41) is 0. The highest BCUT2D eigenvalue weighted by Crippen LogP contribution is 2.18. The minimum atomic E-state index is -0.491. The first-order valence-corrected chi connectivity index (χ1v) is 6.28. The summed E-state index contributed by atoms with van der Waals surface area (Å²) in [6, 6.07) is 1.78. The Labute approximate surface area is 102 Å². The maximum Gasteiger partial charge on any atom is 0.284 e. The number of nitrogens with two attached hydrogens (primary N) is 1. The third-order valence-electron chi connectivity index (χ3n) is 3.36. The van der Waals surface area contributed by atoms with E-state index in [1.54, 1.807) is 6.07 Å². The molecule has 0 spiro atoms. The van der Waals surface area contributed by atoms with E-state index in [9.17, 15) is 4.79 Å².